The van der Waals surface area contributed by atoms with E-state index in [1.807, 2.05) is 6.07 Å². The van der Waals surface area contributed by atoms with Crippen LogP contribution in [0.2, 0.25) is 0 Å². The van der Waals surface area contributed by atoms with Gasteiger partial charge in [-0.05, 0) is 31.2 Å². The molecule has 21 heavy (non-hydrogen) atoms. The lowest BCUT2D eigenvalue weighted by Gasteiger charge is -2.14. The molecule has 0 saturated carbocycles. The number of halogens is 1. The van der Waals surface area contributed by atoms with Crippen LogP contribution in [0.1, 0.15) is 24.2 Å². The van der Waals surface area contributed by atoms with Crippen molar-refractivity contribution >= 4 is 0 Å². The van der Waals surface area contributed by atoms with Crippen molar-refractivity contribution in [3.05, 3.63) is 53.3 Å². The summed E-state index contributed by atoms with van der Waals surface area (Å²) in [6, 6.07) is 10.9. The van der Waals surface area contributed by atoms with Crippen LogP contribution in [-0.2, 0) is 0 Å². The summed E-state index contributed by atoms with van der Waals surface area (Å²) in [5.41, 5.74) is 0.429. The maximum Gasteiger partial charge on any atom is 0.136 e. The molecule has 0 aromatic heterocycles. The summed E-state index contributed by atoms with van der Waals surface area (Å²) >= 11 is 0. The summed E-state index contributed by atoms with van der Waals surface area (Å²) in [4.78, 5) is 0. The zero-order valence-electron chi connectivity index (χ0n) is 11.6. The first-order valence-electron chi connectivity index (χ1n) is 6.28. The smallest absolute Gasteiger partial charge is 0.136 e. The summed E-state index contributed by atoms with van der Waals surface area (Å²) in [6.45, 7) is 1.46. The molecule has 1 atom stereocenters. The summed E-state index contributed by atoms with van der Waals surface area (Å²) in [7, 11) is 1.48. The van der Waals surface area contributed by atoms with Crippen LogP contribution in [0.25, 0.3) is 0 Å². The van der Waals surface area contributed by atoms with Gasteiger partial charge in [0.05, 0.1) is 30.4 Å². The minimum absolute atomic E-state index is 0.0684. The maximum atomic E-state index is 13.8. The zero-order chi connectivity index (χ0) is 15.4. The first-order chi connectivity index (χ1) is 10.0. The second-order valence-electron chi connectivity index (χ2n) is 4.44. The van der Waals surface area contributed by atoms with E-state index in [0.717, 1.165) is 0 Å². The number of rotatable bonds is 4. The van der Waals surface area contributed by atoms with E-state index in [2.05, 4.69) is 0 Å². The minimum Gasteiger partial charge on any atom is -0.497 e. The molecule has 0 saturated heterocycles. The van der Waals surface area contributed by atoms with E-state index in [1.165, 1.54) is 32.2 Å². The van der Waals surface area contributed by atoms with Crippen LogP contribution in [0.4, 0.5) is 4.39 Å². The SMILES string of the molecule is COc1cc(C#N)cc(Oc2cccc(F)c2[C@@H](C)O)c1. The lowest BCUT2D eigenvalue weighted by molar-refractivity contribution is 0.190. The number of benzene rings is 2. The molecule has 0 aliphatic carbocycles. The van der Waals surface area contributed by atoms with E-state index in [4.69, 9.17) is 14.7 Å². The summed E-state index contributed by atoms with van der Waals surface area (Å²) < 4.78 is 24.5. The predicted molar refractivity (Wildman–Crippen MR) is 74.8 cm³/mol. The third kappa shape index (κ3) is 3.30. The van der Waals surface area contributed by atoms with Gasteiger partial charge in [0.15, 0.2) is 0 Å². The fraction of sp³-hybridized carbons (Fsp3) is 0.188. The standard InChI is InChI=1S/C16H14FNO3/c1-10(19)16-14(17)4-3-5-15(16)21-13-7-11(9-18)6-12(8-13)20-2/h3-8,10,19H,1-2H3/t10-/m1/s1. The summed E-state index contributed by atoms with van der Waals surface area (Å²) in [5, 5.41) is 18.6. The van der Waals surface area contributed by atoms with E-state index < -0.39 is 11.9 Å². The van der Waals surface area contributed by atoms with Gasteiger partial charge in [0.1, 0.15) is 23.1 Å². The predicted octanol–water partition coefficient (Wildman–Crippen LogP) is 3.55. The third-order valence-electron chi connectivity index (χ3n) is 2.90. The molecule has 0 bridgehead atoms. The van der Waals surface area contributed by atoms with Gasteiger partial charge in [-0.15, -0.1) is 0 Å². The number of hydrogen-bond donors (Lipinski definition) is 1. The maximum absolute atomic E-state index is 13.8. The van der Waals surface area contributed by atoms with E-state index >= 15 is 0 Å². The highest BCUT2D eigenvalue weighted by molar-refractivity contribution is 5.47. The van der Waals surface area contributed by atoms with Crippen molar-refractivity contribution in [3.8, 4) is 23.3 Å². The molecule has 0 aliphatic heterocycles. The number of aliphatic hydroxyl groups excluding tert-OH is 1. The fourth-order valence-corrected chi connectivity index (χ4v) is 1.95. The van der Waals surface area contributed by atoms with Crippen molar-refractivity contribution in [1.29, 1.82) is 5.26 Å². The molecular formula is C16H14FNO3. The van der Waals surface area contributed by atoms with Gasteiger partial charge >= 0.3 is 0 Å². The van der Waals surface area contributed by atoms with Crippen LogP contribution in [0.3, 0.4) is 0 Å². The number of methoxy groups -OCH3 is 1. The van der Waals surface area contributed by atoms with Crippen molar-refractivity contribution in [2.24, 2.45) is 0 Å². The van der Waals surface area contributed by atoms with Crippen molar-refractivity contribution in [1.82, 2.24) is 0 Å². The lowest BCUT2D eigenvalue weighted by atomic mass is 10.1. The van der Waals surface area contributed by atoms with Gasteiger partial charge in [-0.25, -0.2) is 4.39 Å². The number of hydrogen-bond acceptors (Lipinski definition) is 4. The monoisotopic (exact) mass is 287 g/mol. The van der Waals surface area contributed by atoms with E-state index in [0.29, 0.717) is 17.1 Å². The van der Waals surface area contributed by atoms with Crippen molar-refractivity contribution < 1.29 is 19.0 Å². The highest BCUT2D eigenvalue weighted by Gasteiger charge is 2.15. The Kier molecular flexibility index (Phi) is 4.41. The first kappa shape index (κ1) is 14.8. The molecule has 2 aromatic rings. The average Bonchev–Trinajstić information content (AvgIpc) is 2.46. The Morgan fingerprint density at radius 3 is 2.57 bits per heavy atom. The second kappa shape index (κ2) is 6.25. The molecule has 5 heteroatoms. The normalized spacial score (nSPS) is 11.6. The van der Waals surface area contributed by atoms with Crippen LogP contribution < -0.4 is 9.47 Å². The van der Waals surface area contributed by atoms with Crippen LogP contribution in [-0.4, -0.2) is 12.2 Å². The minimum atomic E-state index is -1.01. The molecule has 0 unspecified atom stereocenters. The summed E-state index contributed by atoms with van der Waals surface area (Å²) in [5.74, 6) is 0.436. The van der Waals surface area contributed by atoms with Gasteiger partial charge < -0.3 is 14.6 Å². The van der Waals surface area contributed by atoms with E-state index in [-0.39, 0.29) is 11.3 Å². The summed E-state index contributed by atoms with van der Waals surface area (Å²) in [6.07, 6.45) is -1.01. The van der Waals surface area contributed by atoms with Gasteiger partial charge in [0.25, 0.3) is 0 Å². The van der Waals surface area contributed by atoms with Gasteiger partial charge in [0.2, 0.25) is 0 Å². The van der Waals surface area contributed by atoms with Gasteiger partial charge in [0, 0.05) is 6.07 Å². The number of ether oxygens (including phenoxy) is 2. The Labute approximate surface area is 122 Å². The molecule has 108 valence electrons. The molecule has 0 fully saturated rings. The second-order valence-corrected chi connectivity index (χ2v) is 4.44. The highest BCUT2D eigenvalue weighted by Crippen LogP contribution is 2.33. The Balaban J connectivity index is 2.43. The van der Waals surface area contributed by atoms with Crippen molar-refractivity contribution in [3.63, 3.8) is 0 Å². The van der Waals surface area contributed by atoms with Gasteiger partial charge in [-0.2, -0.15) is 5.26 Å². The lowest BCUT2D eigenvalue weighted by Crippen LogP contribution is -2.00. The average molecular weight is 287 g/mol. The molecular weight excluding hydrogens is 273 g/mol. The number of nitriles is 1. The largest absolute Gasteiger partial charge is 0.497 e. The van der Waals surface area contributed by atoms with Crippen LogP contribution in [0, 0.1) is 17.1 Å². The van der Waals surface area contributed by atoms with E-state index in [9.17, 15) is 9.50 Å². The van der Waals surface area contributed by atoms with E-state index in [1.54, 1.807) is 18.2 Å². The Hall–Kier alpha value is -2.58. The highest BCUT2D eigenvalue weighted by atomic mass is 19.1. The van der Waals surface area contributed by atoms with Crippen LogP contribution >= 0.6 is 0 Å². The quantitative estimate of drug-likeness (QED) is 0.934. The molecule has 2 aromatic carbocycles. The molecule has 1 N–H and O–H groups in total. The van der Waals surface area contributed by atoms with Gasteiger partial charge in [-0.1, -0.05) is 6.07 Å². The molecule has 4 nitrogen and oxygen atoms in total. The fourth-order valence-electron chi connectivity index (χ4n) is 1.95. The number of aliphatic hydroxyl groups is 1. The zero-order valence-corrected chi connectivity index (χ0v) is 11.6. The molecule has 0 heterocycles. The Bertz CT molecular complexity index is 692. The Morgan fingerprint density at radius 2 is 1.95 bits per heavy atom. The molecule has 2 rings (SSSR count). The molecule has 0 amide bonds. The molecule has 0 spiro atoms. The number of nitrogens with zero attached hydrogens (tertiary/aromatic N) is 1. The first-order valence-corrected chi connectivity index (χ1v) is 6.28. The van der Waals surface area contributed by atoms with Crippen molar-refractivity contribution in [2.45, 2.75) is 13.0 Å². The van der Waals surface area contributed by atoms with Crippen LogP contribution in [0.5, 0.6) is 17.2 Å². The van der Waals surface area contributed by atoms with Gasteiger partial charge in [-0.3, -0.25) is 0 Å². The molecule has 0 radical (unpaired) electrons. The Morgan fingerprint density at radius 1 is 1.24 bits per heavy atom. The third-order valence-corrected chi connectivity index (χ3v) is 2.90. The topological polar surface area (TPSA) is 62.5 Å². The molecule has 0 aliphatic rings. The van der Waals surface area contributed by atoms with Crippen molar-refractivity contribution in [2.75, 3.05) is 7.11 Å². The van der Waals surface area contributed by atoms with Crippen LogP contribution in [0.15, 0.2) is 36.4 Å².